The van der Waals surface area contributed by atoms with Gasteiger partial charge in [-0.25, -0.2) is 19.9 Å². The molecule has 5 heteroatoms. The fraction of sp³-hybridized carbons (Fsp3) is 0. The lowest BCUT2D eigenvalue weighted by atomic mass is 10.0. The predicted octanol–water partition coefficient (Wildman–Crippen LogP) is 8.66. The van der Waals surface area contributed by atoms with Gasteiger partial charge in [0.1, 0.15) is 0 Å². The molecule has 0 aliphatic carbocycles. The summed E-state index contributed by atoms with van der Waals surface area (Å²) in [5.41, 5.74) is 9.57. The van der Waals surface area contributed by atoms with E-state index in [-0.39, 0.29) is 0 Å². The monoisotopic (exact) mass is 539 g/mol. The Bertz CT molecular complexity index is 1700. The number of hydrogen-bond donors (Lipinski definition) is 0. The third kappa shape index (κ3) is 5.31. The molecule has 4 aromatic heterocycles. The van der Waals surface area contributed by atoms with Crippen molar-refractivity contribution in [2.45, 2.75) is 0 Å². The average molecular weight is 540 g/mol. The van der Waals surface area contributed by atoms with Crippen LogP contribution in [0.3, 0.4) is 0 Å². The van der Waals surface area contributed by atoms with Crippen molar-refractivity contribution in [2.75, 3.05) is 0 Å². The third-order valence-corrected chi connectivity index (χ3v) is 6.96. The minimum atomic E-state index is 0.654. The fourth-order valence-corrected chi connectivity index (χ4v) is 4.88. The van der Waals surface area contributed by atoms with Crippen molar-refractivity contribution >= 4 is 0 Å². The lowest BCUT2D eigenvalue weighted by molar-refractivity contribution is 1.16. The molecule has 3 aromatic carbocycles. The van der Waals surface area contributed by atoms with Gasteiger partial charge in [0, 0.05) is 17.3 Å². The van der Waals surface area contributed by atoms with Crippen LogP contribution in [0.1, 0.15) is 0 Å². The molecule has 0 bridgehead atoms. The van der Waals surface area contributed by atoms with Gasteiger partial charge in [0.15, 0.2) is 5.82 Å². The van der Waals surface area contributed by atoms with Crippen LogP contribution in [0.15, 0.2) is 152 Å². The molecule has 0 atom stereocenters. The Labute approximate surface area is 244 Å². The molecule has 5 nitrogen and oxygen atoms in total. The van der Waals surface area contributed by atoms with Gasteiger partial charge in [0.2, 0.25) is 0 Å². The van der Waals surface area contributed by atoms with Crippen LogP contribution in [0.2, 0.25) is 0 Å². The summed E-state index contributed by atoms with van der Waals surface area (Å²) in [6, 6.07) is 48.5. The highest BCUT2D eigenvalue weighted by Crippen LogP contribution is 2.31. The molecule has 0 saturated heterocycles. The number of nitrogens with zero attached hydrogens (tertiary/aromatic N) is 5. The first-order chi connectivity index (χ1) is 20.8. The van der Waals surface area contributed by atoms with Crippen molar-refractivity contribution in [3.8, 4) is 67.9 Å². The molecular weight excluding hydrogens is 514 g/mol. The molecule has 7 rings (SSSR count). The molecule has 0 N–H and O–H groups in total. The summed E-state index contributed by atoms with van der Waals surface area (Å²) in [4.78, 5) is 24.5. The van der Waals surface area contributed by atoms with Crippen LogP contribution in [0.4, 0.5) is 0 Å². The van der Waals surface area contributed by atoms with Gasteiger partial charge in [-0.15, -0.1) is 0 Å². The maximum absolute atomic E-state index is 5.08. The van der Waals surface area contributed by atoms with Gasteiger partial charge in [-0.05, 0) is 53.6 Å². The van der Waals surface area contributed by atoms with Crippen LogP contribution in [-0.4, -0.2) is 24.9 Å². The maximum atomic E-state index is 5.08. The number of benzene rings is 3. The molecule has 4 heterocycles. The molecule has 42 heavy (non-hydrogen) atoms. The fourth-order valence-electron chi connectivity index (χ4n) is 4.88. The van der Waals surface area contributed by atoms with E-state index >= 15 is 0 Å². The van der Waals surface area contributed by atoms with Crippen LogP contribution >= 0.6 is 0 Å². The second-order valence-corrected chi connectivity index (χ2v) is 9.81. The number of rotatable bonds is 6. The van der Waals surface area contributed by atoms with Crippen LogP contribution in [0, 0.1) is 0 Å². The highest BCUT2D eigenvalue weighted by Gasteiger charge is 2.14. The van der Waals surface area contributed by atoms with Gasteiger partial charge in [0.25, 0.3) is 0 Å². The highest BCUT2D eigenvalue weighted by atomic mass is 14.9. The quantitative estimate of drug-likeness (QED) is 0.212. The first kappa shape index (κ1) is 25.2. The largest absolute Gasteiger partial charge is 0.255 e. The van der Waals surface area contributed by atoms with Crippen molar-refractivity contribution < 1.29 is 0 Å². The Morgan fingerprint density at radius 3 is 1.43 bits per heavy atom. The summed E-state index contributed by atoms with van der Waals surface area (Å²) in [7, 11) is 0. The van der Waals surface area contributed by atoms with Crippen molar-refractivity contribution in [3.05, 3.63) is 152 Å². The van der Waals surface area contributed by atoms with Crippen LogP contribution in [0.25, 0.3) is 67.9 Å². The van der Waals surface area contributed by atoms with E-state index in [0.717, 1.165) is 62.1 Å². The lowest BCUT2D eigenvalue weighted by Gasteiger charge is -2.11. The van der Waals surface area contributed by atoms with E-state index in [1.54, 1.807) is 6.20 Å². The third-order valence-electron chi connectivity index (χ3n) is 6.96. The highest BCUT2D eigenvalue weighted by molar-refractivity contribution is 5.76. The topological polar surface area (TPSA) is 64.5 Å². The molecule has 0 unspecified atom stereocenters. The summed E-state index contributed by atoms with van der Waals surface area (Å²) < 4.78 is 0. The zero-order chi connectivity index (χ0) is 28.1. The molecule has 0 amide bonds. The van der Waals surface area contributed by atoms with Gasteiger partial charge in [0.05, 0.1) is 39.9 Å². The molecule has 0 radical (unpaired) electrons. The van der Waals surface area contributed by atoms with E-state index in [9.17, 15) is 0 Å². The molecule has 0 spiro atoms. The van der Waals surface area contributed by atoms with E-state index in [0.29, 0.717) is 5.82 Å². The van der Waals surface area contributed by atoms with E-state index in [2.05, 4.69) is 41.4 Å². The van der Waals surface area contributed by atoms with Crippen molar-refractivity contribution in [1.29, 1.82) is 0 Å². The molecule has 198 valence electrons. The Morgan fingerprint density at radius 2 is 0.786 bits per heavy atom. The van der Waals surface area contributed by atoms with Crippen molar-refractivity contribution in [3.63, 3.8) is 0 Å². The van der Waals surface area contributed by atoms with Gasteiger partial charge < -0.3 is 0 Å². The molecule has 0 aliphatic heterocycles. The summed E-state index contributed by atoms with van der Waals surface area (Å²) in [6.07, 6.45) is 1.79. The Morgan fingerprint density at radius 1 is 0.286 bits per heavy atom. The molecule has 0 fully saturated rings. The van der Waals surface area contributed by atoms with E-state index in [4.69, 9.17) is 19.9 Å². The first-order valence-electron chi connectivity index (χ1n) is 13.8. The Balaban J connectivity index is 1.37. The smallest absolute Gasteiger partial charge is 0.160 e. The number of hydrogen-bond acceptors (Lipinski definition) is 5. The minimum absolute atomic E-state index is 0.654. The number of pyridine rings is 3. The normalized spacial score (nSPS) is 10.9. The average Bonchev–Trinajstić information content (AvgIpc) is 3.09. The number of aromatic nitrogens is 5. The van der Waals surface area contributed by atoms with Crippen LogP contribution < -0.4 is 0 Å². The minimum Gasteiger partial charge on any atom is -0.255 e. The SMILES string of the molecule is c1ccc(-c2cc(-c3ccccn3)nc(-c3cccc(-c4cc(-c5ccccc5)nc(-c5ccccc5)n4)n3)c2)cc1. The summed E-state index contributed by atoms with van der Waals surface area (Å²) in [6.45, 7) is 0. The van der Waals surface area contributed by atoms with Crippen molar-refractivity contribution in [1.82, 2.24) is 24.9 Å². The molecular formula is C37H25N5. The first-order valence-corrected chi connectivity index (χ1v) is 13.8. The Kier molecular flexibility index (Phi) is 6.81. The lowest BCUT2D eigenvalue weighted by Crippen LogP contribution is -1.98. The molecule has 0 saturated carbocycles. The van der Waals surface area contributed by atoms with Gasteiger partial charge in [-0.2, -0.15) is 0 Å². The second kappa shape index (κ2) is 11.4. The van der Waals surface area contributed by atoms with Crippen LogP contribution in [-0.2, 0) is 0 Å². The standard InChI is InChI=1S/C37H25N5/c1-4-13-26(14-5-1)29-23-34(30-19-10-11-22-38-30)40-35(24-29)31-20-12-21-32(39-31)36-25-33(27-15-6-2-7-16-27)41-37(42-36)28-17-8-3-9-18-28/h1-25H. The van der Waals surface area contributed by atoms with E-state index in [1.807, 2.05) is 109 Å². The zero-order valence-corrected chi connectivity index (χ0v) is 22.7. The summed E-state index contributed by atoms with van der Waals surface area (Å²) in [5, 5.41) is 0. The predicted molar refractivity (Wildman–Crippen MR) is 168 cm³/mol. The van der Waals surface area contributed by atoms with Gasteiger partial charge >= 0.3 is 0 Å². The zero-order valence-electron chi connectivity index (χ0n) is 22.7. The summed E-state index contributed by atoms with van der Waals surface area (Å²) in [5.74, 6) is 0.654. The van der Waals surface area contributed by atoms with Crippen LogP contribution in [0.5, 0.6) is 0 Å². The second-order valence-electron chi connectivity index (χ2n) is 9.81. The molecule has 7 aromatic rings. The van der Waals surface area contributed by atoms with E-state index in [1.165, 1.54) is 0 Å². The van der Waals surface area contributed by atoms with Gasteiger partial charge in [-0.1, -0.05) is 103 Å². The van der Waals surface area contributed by atoms with Gasteiger partial charge in [-0.3, -0.25) is 4.98 Å². The summed E-state index contributed by atoms with van der Waals surface area (Å²) >= 11 is 0. The van der Waals surface area contributed by atoms with Crippen molar-refractivity contribution in [2.24, 2.45) is 0 Å². The molecule has 0 aliphatic rings. The Hall–Kier alpha value is -5.81. The maximum Gasteiger partial charge on any atom is 0.160 e. The van der Waals surface area contributed by atoms with E-state index < -0.39 is 0 Å².